The van der Waals surface area contributed by atoms with Crippen molar-refractivity contribution in [1.29, 1.82) is 5.26 Å². The molecule has 0 bridgehead atoms. The van der Waals surface area contributed by atoms with E-state index in [1.165, 1.54) is 6.07 Å². The lowest BCUT2D eigenvalue weighted by molar-refractivity contribution is -0.117. The van der Waals surface area contributed by atoms with Crippen molar-refractivity contribution in [2.24, 2.45) is 0 Å². The van der Waals surface area contributed by atoms with Crippen molar-refractivity contribution in [2.45, 2.75) is 6.92 Å². The van der Waals surface area contributed by atoms with Crippen molar-refractivity contribution in [3.05, 3.63) is 41.3 Å². The number of hydrogen-bond acceptors (Lipinski definition) is 6. The average Bonchev–Trinajstić information content (AvgIpc) is 3.00. The summed E-state index contributed by atoms with van der Waals surface area (Å²) in [7, 11) is 0. The number of halogens is 1. The fourth-order valence-electron chi connectivity index (χ4n) is 2.78. The fraction of sp³-hybridized carbons (Fsp3) is 0.353. The molecule has 1 aliphatic rings. The molecule has 0 spiro atoms. The van der Waals surface area contributed by atoms with Gasteiger partial charge < -0.3 is 9.42 Å². The van der Waals surface area contributed by atoms with Gasteiger partial charge in [-0.25, -0.2) is 4.39 Å². The normalized spacial score (nSPS) is 15.0. The molecule has 1 N–H and O–H groups in total. The van der Waals surface area contributed by atoms with E-state index >= 15 is 0 Å². The van der Waals surface area contributed by atoms with Gasteiger partial charge in [0, 0.05) is 32.2 Å². The van der Waals surface area contributed by atoms with Gasteiger partial charge in [-0.15, -0.1) is 0 Å². The van der Waals surface area contributed by atoms with Gasteiger partial charge >= 0.3 is 0 Å². The zero-order valence-corrected chi connectivity index (χ0v) is 13.8. The van der Waals surface area contributed by atoms with Crippen LogP contribution in [-0.4, -0.2) is 48.7 Å². The van der Waals surface area contributed by atoms with Crippen LogP contribution in [0.2, 0.25) is 0 Å². The highest BCUT2D eigenvalue weighted by Gasteiger charge is 2.21. The van der Waals surface area contributed by atoms with E-state index in [4.69, 9.17) is 9.78 Å². The molecule has 3 rings (SSSR count). The van der Waals surface area contributed by atoms with Crippen LogP contribution in [-0.2, 0) is 4.79 Å². The molecule has 0 atom stereocenters. The molecule has 1 fully saturated rings. The highest BCUT2D eigenvalue weighted by molar-refractivity contribution is 5.91. The van der Waals surface area contributed by atoms with E-state index in [0.717, 1.165) is 0 Å². The first-order valence-electron chi connectivity index (χ1n) is 7.95. The van der Waals surface area contributed by atoms with Crippen molar-refractivity contribution in [3.8, 4) is 6.07 Å². The van der Waals surface area contributed by atoms with Crippen LogP contribution in [0.1, 0.15) is 11.3 Å². The van der Waals surface area contributed by atoms with E-state index in [1.807, 2.05) is 15.9 Å². The van der Waals surface area contributed by atoms with Gasteiger partial charge in [-0.2, -0.15) is 5.26 Å². The highest BCUT2D eigenvalue weighted by Crippen LogP contribution is 2.21. The minimum absolute atomic E-state index is 0.172. The monoisotopic (exact) mass is 343 g/mol. The summed E-state index contributed by atoms with van der Waals surface area (Å²) in [6, 6.07) is 8.06. The number of aromatic nitrogens is 1. The third kappa shape index (κ3) is 4.14. The topological polar surface area (TPSA) is 85.4 Å². The van der Waals surface area contributed by atoms with Crippen molar-refractivity contribution < 1.29 is 13.7 Å². The van der Waals surface area contributed by atoms with Crippen LogP contribution in [0.4, 0.5) is 16.0 Å². The van der Waals surface area contributed by atoms with Crippen molar-refractivity contribution in [2.75, 3.05) is 42.9 Å². The Hall–Kier alpha value is -2.92. The SMILES string of the molecule is Cc1cc(NC(=O)CN2CCN(c3ccc(C#N)cc3F)CC2)on1. The van der Waals surface area contributed by atoms with E-state index < -0.39 is 5.82 Å². The van der Waals surface area contributed by atoms with Crippen molar-refractivity contribution >= 4 is 17.5 Å². The summed E-state index contributed by atoms with van der Waals surface area (Å²) < 4.78 is 19.0. The average molecular weight is 343 g/mol. The van der Waals surface area contributed by atoms with E-state index in [1.54, 1.807) is 25.1 Å². The van der Waals surface area contributed by atoms with E-state index in [-0.39, 0.29) is 12.5 Å². The summed E-state index contributed by atoms with van der Waals surface area (Å²) in [4.78, 5) is 15.9. The Kier molecular flexibility index (Phi) is 4.95. The van der Waals surface area contributed by atoms with Crippen molar-refractivity contribution in [1.82, 2.24) is 10.1 Å². The molecule has 1 saturated heterocycles. The minimum atomic E-state index is -0.397. The number of nitrogens with zero attached hydrogens (tertiary/aromatic N) is 4. The van der Waals surface area contributed by atoms with Gasteiger partial charge in [0.05, 0.1) is 29.6 Å². The molecule has 0 saturated carbocycles. The molecule has 8 heteroatoms. The van der Waals surface area contributed by atoms with E-state index in [0.29, 0.717) is 49.0 Å². The van der Waals surface area contributed by atoms with Crippen LogP contribution in [0.5, 0.6) is 0 Å². The van der Waals surface area contributed by atoms with Gasteiger partial charge in [-0.05, 0) is 25.1 Å². The first kappa shape index (κ1) is 16.9. The van der Waals surface area contributed by atoms with Gasteiger partial charge in [0.15, 0.2) is 0 Å². The lowest BCUT2D eigenvalue weighted by atomic mass is 10.2. The molecule has 2 aromatic rings. The third-order valence-electron chi connectivity index (χ3n) is 4.05. The zero-order chi connectivity index (χ0) is 17.8. The molecule has 1 aromatic heterocycles. The number of piperazine rings is 1. The second-order valence-electron chi connectivity index (χ2n) is 5.92. The highest BCUT2D eigenvalue weighted by atomic mass is 19.1. The van der Waals surface area contributed by atoms with Crippen LogP contribution in [0.25, 0.3) is 0 Å². The zero-order valence-electron chi connectivity index (χ0n) is 13.8. The number of carbonyl (C=O) groups is 1. The van der Waals surface area contributed by atoms with Crippen molar-refractivity contribution in [3.63, 3.8) is 0 Å². The summed E-state index contributed by atoms with van der Waals surface area (Å²) >= 11 is 0. The van der Waals surface area contributed by atoms with Crippen LogP contribution in [0.3, 0.4) is 0 Å². The maximum atomic E-state index is 14.1. The first-order valence-corrected chi connectivity index (χ1v) is 7.95. The van der Waals surface area contributed by atoms with Gasteiger partial charge in [-0.1, -0.05) is 5.16 Å². The third-order valence-corrected chi connectivity index (χ3v) is 4.05. The summed E-state index contributed by atoms with van der Waals surface area (Å²) in [5, 5.41) is 15.2. The summed E-state index contributed by atoms with van der Waals surface area (Å²) in [5.41, 5.74) is 1.49. The van der Waals surface area contributed by atoms with Gasteiger partial charge in [-0.3, -0.25) is 15.0 Å². The molecule has 0 unspecified atom stereocenters. The molecule has 7 nitrogen and oxygen atoms in total. The number of amides is 1. The number of nitriles is 1. The Morgan fingerprint density at radius 1 is 1.36 bits per heavy atom. The van der Waals surface area contributed by atoms with Crippen LogP contribution in [0, 0.1) is 24.1 Å². The van der Waals surface area contributed by atoms with Gasteiger partial charge in [0.25, 0.3) is 0 Å². The molecule has 1 aromatic carbocycles. The molecule has 0 radical (unpaired) electrons. The Balaban J connectivity index is 1.52. The standard InChI is InChI=1S/C17H18FN5O2/c1-12-8-17(25-21-12)20-16(24)11-22-4-6-23(7-5-22)15-3-2-13(10-19)9-14(15)18/h2-3,8-9H,4-7,11H2,1H3,(H,20,24). The second-order valence-corrected chi connectivity index (χ2v) is 5.92. The maximum Gasteiger partial charge on any atom is 0.240 e. The number of anilines is 2. The second kappa shape index (κ2) is 7.32. The smallest absolute Gasteiger partial charge is 0.240 e. The first-order chi connectivity index (χ1) is 12.0. The predicted octanol–water partition coefficient (Wildman–Crippen LogP) is 1.75. The number of rotatable bonds is 4. The maximum absolute atomic E-state index is 14.1. The lowest BCUT2D eigenvalue weighted by Crippen LogP contribution is -2.48. The van der Waals surface area contributed by atoms with Crippen LogP contribution >= 0.6 is 0 Å². The van der Waals surface area contributed by atoms with Crippen LogP contribution < -0.4 is 10.2 Å². The molecular formula is C17H18FN5O2. The molecule has 2 heterocycles. The Morgan fingerprint density at radius 3 is 2.72 bits per heavy atom. The molecule has 25 heavy (non-hydrogen) atoms. The summed E-state index contributed by atoms with van der Waals surface area (Å²) in [6.45, 7) is 4.52. The molecule has 130 valence electrons. The quantitative estimate of drug-likeness (QED) is 0.910. The molecule has 1 amide bonds. The fourth-order valence-corrected chi connectivity index (χ4v) is 2.78. The Labute approximate surface area is 144 Å². The number of hydrogen-bond donors (Lipinski definition) is 1. The molecular weight excluding hydrogens is 325 g/mol. The van der Waals surface area contributed by atoms with E-state index in [9.17, 15) is 9.18 Å². The van der Waals surface area contributed by atoms with Gasteiger partial charge in [0.1, 0.15) is 5.82 Å². The van der Waals surface area contributed by atoms with E-state index in [2.05, 4.69) is 10.5 Å². The number of nitrogens with one attached hydrogen (secondary N) is 1. The molecule has 0 aliphatic carbocycles. The summed E-state index contributed by atoms with van der Waals surface area (Å²) in [5.74, 6) is -0.235. The lowest BCUT2D eigenvalue weighted by Gasteiger charge is -2.35. The number of benzene rings is 1. The predicted molar refractivity (Wildman–Crippen MR) is 89.6 cm³/mol. The Bertz CT molecular complexity index is 806. The largest absolute Gasteiger partial charge is 0.367 e. The minimum Gasteiger partial charge on any atom is -0.367 e. The number of aryl methyl sites for hydroxylation is 1. The molecule has 1 aliphatic heterocycles. The van der Waals surface area contributed by atoms with Gasteiger partial charge in [0.2, 0.25) is 11.8 Å². The summed E-state index contributed by atoms with van der Waals surface area (Å²) in [6.07, 6.45) is 0. The Morgan fingerprint density at radius 2 is 2.12 bits per heavy atom. The number of carbonyl (C=O) groups excluding carboxylic acids is 1. The van der Waals surface area contributed by atoms with Crippen LogP contribution in [0.15, 0.2) is 28.8 Å².